The molecule has 0 spiro atoms. The van der Waals surface area contributed by atoms with Crippen molar-refractivity contribution in [3.63, 3.8) is 0 Å². The van der Waals surface area contributed by atoms with E-state index in [-0.39, 0.29) is 5.88 Å². The van der Waals surface area contributed by atoms with E-state index in [1.54, 1.807) is 0 Å². The first-order chi connectivity index (χ1) is 9.70. The molecular formula is C14H23FN4O. The van der Waals surface area contributed by atoms with E-state index in [2.05, 4.69) is 27.2 Å². The molecule has 5 nitrogen and oxygen atoms in total. The molecule has 1 N–H and O–H groups in total. The van der Waals surface area contributed by atoms with Gasteiger partial charge in [-0.3, -0.25) is 0 Å². The Morgan fingerprint density at radius 3 is 3.10 bits per heavy atom. The van der Waals surface area contributed by atoms with Crippen molar-refractivity contribution in [1.29, 1.82) is 0 Å². The Labute approximate surface area is 119 Å². The van der Waals surface area contributed by atoms with Crippen molar-refractivity contribution in [2.24, 2.45) is 0 Å². The van der Waals surface area contributed by atoms with Crippen molar-refractivity contribution >= 4 is 5.95 Å². The molecule has 1 aromatic rings. The fraction of sp³-hybridized carbons (Fsp3) is 0.714. The lowest BCUT2D eigenvalue weighted by molar-refractivity contribution is 0.120. The number of halogens is 1. The average Bonchev–Trinajstić information content (AvgIpc) is 2.46. The van der Waals surface area contributed by atoms with Gasteiger partial charge in [-0.25, -0.2) is 4.98 Å². The molecule has 1 saturated heterocycles. The standard InChI is InChI=1S/C14H23FN4O/c1-3-7-16-14-17-9-12(15)13(18-14)20-10-11-6-4-5-8-19(11)2/h9,11H,3-8,10H2,1-2H3,(H,16,17,18). The van der Waals surface area contributed by atoms with Crippen molar-refractivity contribution in [3.05, 3.63) is 12.0 Å². The van der Waals surface area contributed by atoms with Crippen LogP contribution in [0.1, 0.15) is 32.6 Å². The predicted octanol–water partition coefficient (Wildman–Crippen LogP) is 2.30. The Hall–Kier alpha value is -1.43. The van der Waals surface area contributed by atoms with Crippen LogP contribution in [-0.2, 0) is 0 Å². The SMILES string of the molecule is CCCNc1ncc(F)c(OCC2CCCCN2C)n1. The quantitative estimate of drug-likeness (QED) is 0.867. The summed E-state index contributed by atoms with van der Waals surface area (Å²) in [6.45, 7) is 4.35. The van der Waals surface area contributed by atoms with Gasteiger partial charge in [-0.1, -0.05) is 13.3 Å². The Kier molecular flexibility index (Phi) is 5.52. The first-order valence-electron chi connectivity index (χ1n) is 7.30. The number of aromatic nitrogens is 2. The molecule has 112 valence electrons. The van der Waals surface area contributed by atoms with Gasteiger partial charge >= 0.3 is 0 Å². The van der Waals surface area contributed by atoms with E-state index in [1.165, 1.54) is 12.8 Å². The molecule has 0 amide bonds. The van der Waals surface area contributed by atoms with Gasteiger partial charge in [0.15, 0.2) is 0 Å². The summed E-state index contributed by atoms with van der Waals surface area (Å²) in [6.07, 6.45) is 5.63. The van der Waals surface area contributed by atoms with Crippen LogP contribution in [0.4, 0.5) is 10.3 Å². The summed E-state index contributed by atoms with van der Waals surface area (Å²) >= 11 is 0. The van der Waals surface area contributed by atoms with Crippen LogP contribution >= 0.6 is 0 Å². The molecule has 20 heavy (non-hydrogen) atoms. The summed E-state index contributed by atoms with van der Waals surface area (Å²) in [7, 11) is 2.08. The molecule has 0 aromatic carbocycles. The second-order valence-corrected chi connectivity index (χ2v) is 5.21. The van der Waals surface area contributed by atoms with E-state index in [4.69, 9.17) is 4.74 Å². The topological polar surface area (TPSA) is 50.3 Å². The molecule has 6 heteroatoms. The maximum atomic E-state index is 13.7. The highest BCUT2D eigenvalue weighted by Gasteiger charge is 2.20. The molecule has 1 aliphatic rings. The second kappa shape index (κ2) is 7.38. The van der Waals surface area contributed by atoms with Crippen LogP contribution in [-0.4, -0.2) is 47.7 Å². The lowest BCUT2D eigenvalue weighted by Crippen LogP contribution is -2.40. The van der Waals surface area contributed by atoms with Crippen LogP contribution in [0.15, 0.2) is 6.20 Å². The van der Waals surface area contributed by atoms with E-state index in [0.29, 0.717) is 18.6 Å². The molecule has 0 radical (unpaired) electrons. The third-order valence-electron chi connectivity index (χ3n) is 3.58. The zero-order chi connectivity index (χ0) is 14.4. The van der Waals surface area contributed by atoms with Gasteiger partial charge in [-0.15, -0.1) is 0 Å². The maximum Gasteiger partial charge on any atom is 0.255 e. The van der Waals surface area contributed by atoms with Crippen LogP contribution in [0.2, 0.25) is 0 Å². The molecule has 2 rings (SSSR count). The minimum Gasteiger partial charge on any atom is -0.474 e. The first-order valence-corrected chi connectivity index (χ1v) is 7.30. The summed E-state index contributed by atoms with van der Waals surface area (Å²) in [5, 5.41) is 3.03. The minimum absolute atomic E-state index is 0.0394. The normalized spacial score (nSPS) is 19.9. The van der Waals surface area contributed by atoms with Crippen LogP contribution < -0.4 is 10.1 Å². The first kappa shape index (κ1) is 15.0. The molecule has 1 unspecified atom stereocenters. The summed E-state index contributed by atoms with van der Waals surface area (Å²) in [4.78, 5) is 10.2. The molecule has 1 fully saturated rings. The number of hydrogen-bond donors (Lipinski definition) is 1. The number of likely N-dealkylation sites (tertiary alicyclic amines) is 1. The van der Waals surface area contributed by atoms with Crippen LogP contribution in [0.3, 0.4) is 0 Å². The smallest absolute Gasteiger partial charge is 0.255 e. The number of ether oxygens (including phenoxy) is 1. The molecule has 0 aliphatic carbocycles. The van der Waals surface area contributed by atoms with Crippen molar-refractivity contribution in [2.45, 2.75) is 38.6 Å². The zero-order valence-electron chi connectivity index (χ0n) is 12.2. The minimum atomic E-state index is -0.509. The van der Waals surface area contributed by atoms with Crippen molar-refractivity contribution < 1.29 is 9.13 Å². The summed E-state index contributed by atoms with van der Waals surface area (Å²) in [5.74, 6) is -0.0525. The van der Waals surface area contributed by atoms with Crippen molar-refractivity contribution in [2.75, 3.05) is 32.1 Å². The van der Waals surface area contributed by atoms with Gasteiger partial charge in [0, 0.05) is 12.6 Å². The van der Waals surface area contributed by atoms with Crippen LogP contribution in [0, 0.1) is 5.82 Å². The third kappa shape index (κ3) is 4.03. The molecule has 2 heterocycles. The fourth-order valence-electron chi connectivity index (χ4n) is 2.30. The summed E-state index contributed by atoms with van der Waals surface area (Å²) < 4.78 is 19.2. The summed E-state index contributed by atoms with van der Waals surface area (Å²) in [6, 6.07) is 0.338. The Morgan fingerprint density at radius 1 is 1.50 bits per heavy atom. The van der Waals surface area contributed by atoms with E-state index in [9.17, 15) is 4.39 Å². The van der Waals surface area contributed by atoms with Crippen LogP contribution in [0.25, 0.3) is 0 Å². The second-order valence-electron chi connectivity index (χ2n) is 5.21. The number of hydrogen-bond acceptors (Lipinski definition) is 5. The lowest BCUT2D eigenvalue weighted by atomic mass is 10.0. The van der Waals surface area contributed by atoms with Gasteiger partial charge in [0.05, 0.1) is 6.20 Å². The van der Waals surface area contributed by atoms with Gasteiger partial charge in [0.2, 0.25) is 11.8 Å². The molecule has 1 aromatic heterocycles. The van der Waals surface area contributed by atoms with Gasteiger partial charge in [-0.05, 0) is 32.9 Å². The monoisotopic (exact) mass is 282 g/mol. The van der Waals surface area contributed by atoms with E-state index < -0.39 is 5.82 Å². The number of piperidine rings is 1. The summed E-state index contributed by atoms with van der Waals surface area (Å²) in [5.41, 5.74) is 0. The number of nitrogens with one attached hydrogen (secondary N) is 1. The average molecular weight is 282 g/mol. The maximum absolute atomic E-state index is 13.7. The number of rotatable bonds is 6. The van der Waals surface area contributed by atoms with E-state index in [1.807, 2.05) is 6.92 Å². The number of anilines is 1. The van der Waals surface area contributed by atoms with E-state index in [0.717, 1.165) is 32.1 Å². The van der Waals surface area contributed by atoms with Gasteiger partial charge in [-0.2, -0.15) is 9.37 Å². The lowest BCUT2D eigenvalue weighted by Gasteiger charge is -2.31. The fourth-order valence-corrected chi connectivity index (χ4v) is 2.30. The molecule has 1 atom stereocenters. The third-order valence-corrected chi connectivity index (χ3v) is 3.58. The molecule has 0 saturated carbocycles. The zero-order valence-corrected chi connectivity index (χ0v) is 12.2. The Bertz CT molecular complexity index is 430. The molecular weight excluding hydrogens is 259 g/mol. The van der Waals surface area contributed by atoms with Crippen molar-refractivity contribution in [1.82, 2.24) is 14.9 Å². The largest absolute Gasteiger partial charge is 0.474 e. The van der Waals surface area contributed by atoms with Gasteiger partial charge < -0.3 is 15.0 Å². The number of likely N-dealkylation sites (N-methyl/N-ethyl adjacent to an activating group) is 1. The van der Waals surface area contributed by atoms with Crippen molar-refractivity contribution in [3.8, 4) is 5.88 Å². The predicted molar refractivity (Wildman–Crippen MR) is 76.5 cm³/mol. The van der Waals surface area contributed by atoms with Gasteiger partial charge in [0.1, 0.15) is 6.61 Å². The van der Waals surface area contributed by atoms with E-state index >= 15 is 0 Å². The molecule has 0 bridgehead atoms. The highest BCUT2D eigenvalue weighted by Crippen LogP contribution is 2.19. The number of nitrogens with zero attached hydrogens (tertiary/aromatic N) is 3. The van der Waals surface area contributed by atoms with Gasteiger partial charge in [0.25, 0.3) is 5.88 Å². The molecule has 1 aliphatic heterocycles. The Morgan fingerprint density at radius 2 is 2.35 bits per heavy atom. The highest BCUT2D eigenvalue weighted by molar-refractivity contribution is 5.28. The Balaban J connectivity index is 1.93. The highest BCUT2D eigenvalue weighted by atomic mass is 19.1. The van der Waals surface area contributed by atoms with Crippen LogP contribution in [0.5, 0.6) is 5.88 Å².